The Labute approximate surface area is 123 Å². The van der Waals surface area contributed by atoms with Gasteiger partial charge < -0.3 is 14.7 Å². The average molecular weight is 297 g/mol. The molecule has 1 aromatic carbocycles. The predicted molar refractivity (Wildman–Crippen MR) is 76.0 cm³/mol. The summed E-state index contributed by atoms with van der Waals surface area (Å²) in [5.74, 6) is -1.72. The van der Waals surface area contributed by atoms with Crippen LogP contribution in [0.2, 0.25) is 0 Å². The van der Waals surface area contributed by atoms with Crippen LogP contribution in [0.4, 0.5) is 4.39 Å². The highest BCUT2D eigenvalue weighted by atomic mass is 19.1. The zero-order valence-corrected chi connectivity index (χ0v) is 12.3. The fourth-order valence-electron chi connectivity index (χ4n) is 1.93. The molecule has 6 heteroatoms. The van der Waals surface area contributed by atoms with Crippen LogP contribution in [-0.2, 0) is 4.79 Å². The molecule has 1 rings (SSSR count). The molecule has 0 bridgehead atoms. The van der Waals surface area contributed by atoms with Gasteiger partial charge in [0.05, 0.1) is 6.61 Å². The number of hydrogen-bond donors (Lipinski definition) is 1. The first kappa shape index (κ1) is 16.9. The van der Waals surface area contributed by atoms with Gasteiger partial charge in [0.1, 0.15) is 17.1 Å². The van der Waals surface area contributed by atoms with Crippen molar-refractivity contribution in [1.29, 1.82) is 0 Å². The molecule has 0 aliphatic carbocycles. The standard InChI is InChI=1S/C15H20FNO4/c1-3-17(4-2)14(18)6-5-9-21-13-10-11(16)7-8-12(13)15(19)20/h7-8,10H,3-6,9H2,1-2H3,(H,19,20). The third-order valence-electron chi connectivity index (χ3n) is 3.08. The Bertz CT molecular complexity index is 500. The van der Waals surface area contributed by atoms with Crippen molar-refractivity contribution in [2.24, 2.45) is 0 Å². The van der Waals surface area contributed by atoms with Gasteiger partial charge in [-0.2, -0.15) is 0 Å². The molecule has 0 fully saturated rings. The van der Waals surface area contributed by atoms with E-state index in [1.165, 1.54) is 0 Å². The number of benzene rings is 1. The van der Waals surface area contributed by atoms with Crippen LogP contribution < -0.4 is 4.74 Å². The molecule has 116 valence electrons. The summed E-state index contributed by atoms with van der Waals surface area (Å²) in [5.41, 5.74) is -0.0912. The van der Waals surface area contributed by atoms with Gasteiger partial charge in [-0.3, -0.25) is 4.79 Å². The molecule has 1 amide bonds. The number of carboxylic acid groups (broad SMARTS) is 1. The van der Waals surface area contributed by atoms with Crippen LogP contribution >= 0.6 is 0 Å². The highest BCUT2D eigenvalue weighted by Crippen LogP contribution is 2.20. The molecular weight excluding hydrogens is 277 g/mol. The number of aromatic carboxylic acids is 1. The lowest BCUT2D eigenvalue weighted by Crippen LogP contribution is -2.30. The Morgan fingerprint density at radius 1 is 1.29 bits per heavy atom. The summed E-state index contributed by atoms with van der Waals surface area (Å²) >= 11 is 0. The number of nitrogens with zero attached hydrogens (tertiary/aromatic N) is 1. The van der Waals surface area contributed by atoms with Crippen LogP contribution in [0.5, 0.6) is 5.75 Å². The average Bonchev–Trinajstić information content (AvgIpc) is 2.44. The van der Waals surface area contributed by atoms with E-state index < -0.39 is 11.8 Å². The number of rotatable bonds is 8. The first-order valence-electron chi connectivity index (χ1n) is 6.93. The number of amides is 1. The van der Waals surface area contributed by atoms with Crippen molar-refractivity contribution in [2.45, 2.75) is 26.7 Å². The smallest absolute Gasteiger partial charge is 0.339 e. The van der Waals surface area contributed by atoms with Crippen molar-refractivity contribution in [3.63, 3.8) is 0 Å². The van der Waals surface area contributed by atoms with Crippen LogP contribution in [-0.4, -0.2) is 41.6 Å². The second kappa shape index (κ2) is 8.24. The molecule has 1 aromatic rings. The van der Waals surface area contributed by atoms with Gasteiger partial charge in [-0.05, 0) is 32.4 Å². The molecule has 0 heterocycles. The fraction of sp³-hybridized carbons (Fsp3) is 0.467. The van der Waals surface area contributed by atoms with Crippen molar-refractivity contribution in [1.82, 2.24) is 4.90 Å². The van der Waals surface area contributed by atoms with E-state index in [0.717, 1.165) is 18.2 Å². The van der Waals surface area contributed by atoms with Crippen LogP contribution in [0.15, 0.2) is 18.2 Å². The van der Waals surface area contributed by atoms with E-state index in [1.807, 2.05) is 13.8 Å². The van der Waals surface area contributed by atoms with Crippen LogP contribution in [0, 0.1) is 5.82 Å². The van der Waals surface area contributed by atoms with Crippen molar-refractivity contribution >= 4 is 11.9 Å². The Morgan fingerprint density at radius 2 is 1.95 bits per heavy atom. The van der Waals surface area contributed by atoms with E-state index in [2.05, 4.69) is 0 Å². The molecule has 0 aliphatic rings. The molecule has 0 atom stereocenters. The molecular formula is C15H20FNO4. The molecule has 0 aromatic heterocycles. The highest BCUT2D eigenvalue weighted by Gasteiger charge is 2.13. The van der Waals surface area contributed by atoms with Crippen LogP contribution in [0.3, 0.4) is 0 Å². The van der Waals surface area contributed by atoms with Gasteiger partial charge >= 0.3 is 5.97 Å². The molecule has 21 heavy (non-hydrogen) atoms. The summed E-state index contributed by atoms with van der Waals surface area (Å²) < 4.78 is 18.4. The fourth-order valence-corrected chi connectivity index (χ4v) is 1.93. The van der Waals surface area contributed by atoms with Gasteiger partial charge in [0.15, 0.2) is 0 Å². The monoisotopic (exact) mass is 297 g/mol. The Kier molecular flexibility index (Phi) is 6.65. The normalized spacial score (nSPS) is 10.2. The van der Waals surface area contributed by atoms with Crippen molar-refractivity contribution < 1.29 is 23.8 Å². The molecule has 0 saturated carbocycles. The quantitative estimate of drug-likeness (QED) is 0.749. The molecule has 1 N–H and O–H groups in total. The first-order valence-corrected chi connectivity index (χ1v) is 6.93. The number of hydrogen-bond acceptors (Lipinski definition) is 3. The van der Waals surface area contributed by atoms with E-state index >= 15 is 0 Å². The van der Waals surface area contributed by atoms with Crippen molar-refractivity contribution in [2.75, 3.05) is 19.7 Å². The topological polar surface area (TPSA) is 66.8 Å². The third kappa shape index (κ3) is 5.06. The Hall–Kier alpha value is -2.11. The number of carbonyl (C=O) groups excluding carboxylic acids is 1. The maximum absolute atomic E-state index is 13.1. The van der Waals surface area contributed by atoms with Crippen LogP contribution in [0.1, 0.15) is 37.0 Å². The third-order valence-corrected chi connectivity index (χ3v) is 3.08. The van der Waals surface area contributed by atoms with Gasteiger partial charge in [-0.25, -0.2) is 9.18 Å². The number of ether oxygens (including phenoxy) is 1. The minimum absolute atomic E-state index is 0.0159. The van der Waals surface area contributed by atoms with Gasteiger partial charge in [0, 0.05) is 25.6 Å². The van der Waals surface area contributed by atoms with Gasteiger partial charge in [-0.15, -0.1) is 0 Å². The first-order chi connectivity index (χ1) is 9.99. The Morgan fingerprint density at radius 3 is 2.52 bits per heavy atom. The minimum atomic E-state index is -1.18. The summed E-state index contributed by atoms with van der Waals surface area (Å²) in [6.45, 7) is 5.29. The molecule has 0 radical (unpaired) electrons. The maximum atomic E-state index is 13.1. The van der Waals surface area contributed by atoms with E-state index in [-0.39, 0.29) is 23.8 Å². The maximum Gasteiger partial charge on any atom is 0.339 e. The summed E-state index contributed by atoms with van der Waals surface area (Å²) in [5, 5.41) is 8.97. The minimum Gasteiger partial charge on any atom is -0.493 e. The zero-order chi connectivity index (χ0) is 15.8. The van der Waals surface area contributed by atoms with E-state index in [0.29, 0.717) is 25.9 Å². The van der Waals surface area contributed by atoms with Gasteiger partial charge in [-0.1, -0.05) is 0 Å². The summed E-state index contributed by atoms with van der Waals surface area (Å²) in [6, 6.07) is 3.27. The number of carbonyl (C=O) groups is 2. The lowest BCUT2D eigenvalue weighted by molar-refractivity contribution is -0.131. The second-order valence-electron chi connectivity index (χ2n) is 4.46. The van der Waals surface area contributed by atoms with E-state index in [1.54, 1.807) is 4.90 Å². The van der Waals surface area contributed by atoms with Crippen molar-refractivity contribution in [3.05, 3.63) is 29.6 Å². The lowest BCUT2D eigenvalue weighted by Gasteiger charge is -2.18. The second-order valence-corrected chi connectivity index (χ2v) is 4.46. The molecule has 5 nitrogen and oxygen atoms in total. The summed E-state index contributed by atoms with van der Waals surface area (Å²) in [6.07, 6.45) is 0.768. The highest BCUT2D eigenvalue weighted by molar-refractivity contribution is 5.90. The van der Waals surface area contributed by atoms with E-state index in [4.69, 9.17) is 9.84 Å². The SMILES string of the molecule is CCN(CC)C(=O)CCCOc1cc(F)ccc1C(=O)O. The number of carboxylic acids is 1. The zero-order valence-electron chi connectivity index (χ0n) is 12.3. The largest absolute Gasteiger partial charge is 0.493 e. The van der Waals surface area contributed by atoms with Gasteiger partial charge in [0.2, 0.25) is 5.91 Å². The lowest BCUT2D eigenvalue weighted by atomic mass is 10.2. The molecule has 0 spiro atoms. The molecule has 0 aliphatic heterocycles. The summed E-state index contributed by atoms with van der Waals surface area (Å²) in [4.78, 5) is 24.5. The molecule has 0 saturated heterocycles. The predicted octanol–water partition coefficient (Wildman–Crippen LogP) is 2.55. The number of halogens is 1. The van der Waals surface area contributed by atoms with E-state index in [9.17, 15) is 14.0 Å². The van der Waals surface area contributed by atoms with Crippen LogP contribution in [0.25, 0.3) is 0 Å². The van der Waals surface area contributed by atoms with Crippen molar-refractivity contribution in [3.8, 4) is 5.75 Å². The molecule has 0 unspecified atom stereocenters. The van der Waals surface area contributed by atoms with Gasteiger partial charge in [0.25, 0.3) is 0 Å². The summed E-state index contributed by atoms with van der Waals surface area (Å²) in [7, 11) is 0. The Balaban J connectivity index is 2.51.